The fourth-order valence-corrected chi connectivity index (χ4v) is 2.70. The first-order chi connectivity index (χ1) is 8.40. The van der Waals surface area contributed by atoms with Gasteiger partial charge in [-0.3, -0.25) is 0 Å². The van der Waals surface area contributed by atoms with Crippen molar-refractivity contribution in [3.8, 4) is 11.5 Å². The lowest BCUT2D eigenvalue weighted by Crippen LogP contribution is -2.33. The molecule has 0 fully saturated rings. The van der Waals surface area contributed by atoms with Crippen LogP contribution < -0.4 is 9.47 Å². The van der Waals surface area contributed by atoms with Crippen LogP contribution in [0.3, 0.4) is 0 Å². The average molecular weight is 321 g/mol. The fourth-order valence-electron chi connectivity index (χ4n) is 1.63. The number of halogens is 1. The number of ether oxygens (including phenoxy) is 3. The molecule has 0 amide bonds. The van der Waals surface area contributed by atoms with Crippen molar-refractivity contribution in [2.24, 2.45) is 0 Å². The van der Waals surface area contributed by atoms with Gasteiger partial charge in [-0.25, -0.2) is 0 Å². The van der Waals surface area contributed by atoms with Crippen molar-refractivity contribution >= 4 is 27.3 Å². The van der Waals surface area contributed by atoms with Crippen molar-refractivity contribution in [2.75, 3.05) is 25.2 Å². The van der Waals surface area contributed by atoms with Crippen LogP contribution in [0.4, 0.5) is 0 Å². The van der Waals surface area contributed by atoms with Crippen LogP contribution in [-0.4, -0.2) is 31.3 Å². The number of hydrogen-bond donors (Lipinski definition) is 0. The Kier molecular flexibility index (Phi) is 5.61. The van der Waals surface area contributed by atoms with Crippen LogP contribution in [0.15, 0.2) is 10.8 Å². The number of alkyl halides is 1. The van der Waals surface area contributed by atoms with Gasteiger partial charge < -0.3 is 14.2 Å². The summed E-state index contributed by atoms with van der Waals surface area (Å²) in [5.41, 5.74) is 0. The van der Waals surface area contributed by atoms with Crippen molar-refractivity contribution in [1.29, 1.82) is 0 Å². The molecule has 3 nitrogen and oxygen atoms in total. The Hall–Kier alpha value is -0.260. The van der Waals surface area contributed by atoms with Crippen LogP contribution in [0.5, 0.6) is 11.5 Å². The van der Waals surface area contributed by atoms with E-state index in [2.05, 4.69) is 15.9 Å². The topological polar surface area (TPSA) is 27.7 Å². The summed E-state index contributed by atoms with van der Waals surface area (Å²) in [5.74, 6) is 1.72. The molecule has 0 radical (unpaired) electrons. The molecule has 1 atom stereocenters. The van der Waals surface area contributed by atoms with Crippen LogP contribution in [-0.2, 0) is 4.74 Å². The normalized spacial score (nSPS) is 18.3. The second-order valence-electron chi connectivity index (χ2n) is 3.98. The second-order valence-corrected chi connectivity index (χ2v) is 5.51. The van der Waals surface area contributed by atoms with E-state index in [-0.39, 0.29) is 6.10 Å². The number of unbranched alkanes of at least 4 members (excludes halogenated alkanes) is 2. The van der Waals surface area contributed by atoms with E-state index in [0.717, 1.165) is 29.9 Å². The SMILES string of the molecule is BrCCCCCOCC1COc2cscc2O1. The van der Waals surface area contributed by atoms with Crippen molar-refractivity contribution < 1.29 is 14.2 Å². The third kappa shape index (κ3) is 4.16. The highest BCUT2D eigenvalue weighted by atomic mass is 79.9. The summed E-state index contributed by atoms with van der Waals surface area (Å²) in [6.07, 6.45) is 3.57. The second kappa shape index (κ2) is 7.24. The molecule has 17 heavy (non-hydrogen) atoms. The molecule has 0 N–H and O–H groups in total. The Balaban J connectivity index is 1.59. The van der Waals surface area contributed by atoms with Crippen LogP contribution >= 0.6 is 27.3 Å². The highest BCUT2D eigenvalue weighted by Crippen LogP contribution is 2.35. The summed E-state index contributed by atoms with van der Waals surface area (Å²) in [5, 5.41) is 5.01. The molecule has 2 rings (SSSR count). The maximum atomic E-state index is 5.75. The zero-order chi connectivity index (χ0) is 11.9. The largest absolute Gasteiger partial charge is 0.485 e. The van der Waals surface area contributed by atoms with E-state index in [1.54, 1.807) is 11.3 Å². The Morgan fingerprint density at radius 3 is 3.06 bits per heavy atom. The van der Waals surface area contributed by atoms with Gasteiger partial charge in [-0.2, -0.15) is 0 Å². The Morgan fingerprint density at radius 1 is 1.29 bits per heavy atom. The maximum Gasteiger partial charge on any atom is 0.172 e. The Labute approximate surface area is 114 Å². The van der Waals surface area contributed by atoms with Crippen LogP contribution in [0.2, 0.25) is 0 Å². The van der Waals surface area contributed by atoms with E-state index < -0.39 is 0 Å². The third-order valence-corrected chi connectivity index (χ3v) is 3.80. The summed E-state index contributed by atoms with van der Waals surface area (Å²) < 4.78 is 16.9. The van der Waals surface area contributed by atoms with Gasteiger partial charge >= 0.3 is 0 Å². The van der Waals surface area contributed by atoms with Crippen LogP contribution in [0.25, 0.3) is 0 Å². The molecule has 1 aromatic rings. The van der Waals surface area contributed by atoms with Crippen molar-refractivity contribution in [3.05, 3.63) is 10.8 Å². The molecule has 0 aliphatic carbocycles. The highest BCUT2D eigenvalue weighted by Gasteiger charge is 2.21. The van der Waals surface area contributed by atoms with Gasteiger partial charge in [-0.05, 0) is 12.8 Å². The quantitative estimate of drug-likeness (QED) is 0.568. The van der Waals surface area contributed by atoms with Gasteiger partial charge in [0.05, 0.1) is 6.61 Å². The first kappa shape index (κ1) is 13.2. The average Bonchev–Trinajstić information content (AvgIpc) is 2.81. The lowest BCUT2D eigenvalue weighted by Gasteiger charge is -2.24. The van der Waals surface area contributed by atoms with Crippen LogP contribution in [0, 0.1) is 0 Å². The minimum Gasteiger partial charge on any atom is -0.485 e. The molecule has 5 heteroatoms. The van der Waals surface area contributed by atoms with Gasteiger partial charge in [-0.15, -0.1) is 11.3 Å². The molecule has 0 spiro atoms. The van der Waals surface area contributed by atoms with Gasteiger partial charge in [0.15, 0.2) is 17.6 Å². The van der Waals surface area contributed by atoms with Gasteiger partial charge in [0, 0.05) is 22.7 Å². The summed E-state index contributed by atoms with van der Waals surface area (Å²) in [6.45, 7) is 2.01. The van der Waals surface area contributed by atoms with E-state index in [1.165, 1.54) is 12.8 Å². The molecule has 1 aromatic heterocycles. The first-order valence-corrected chi connectivity index (χ1v) is 7.96. The van der Waals surface area contributed by atoms with Crippen LogP contribution in [0.1, 0.15) is 19.3 Å². The fraction of sp³-hybridized carbons (Fsp3) is 0.667. The van der Waals surface area contributed by atoms with Crippen molar-refractivity contribution in [3.63, 3.8) is 0 Å². The monoisotopic (exact) mass is 320 g/mol. The smallest absolute Gasteiger partial charge is 0.172 e. The number of thiophene rings is 1. The van der Waals surface area contributed by atoms with Gasteiger partial charge in [-0.1, -0.05) is 22.4 Å². The minimum atomic E-state index is 0.0354. The highest BCUT2D eigenvalue weighted by molar-refractivity contribution is 9.09. The number of fused-ring (bicyclic) bond motifs is 1. The number of hydrogen-bond acceptors (Lipinski definition) is 4. The molecule has 0 aromatic carbocycles. The third-order valence-electron chi connectivity index (χ3n) is 2.54. The van der Waals surface area contributed by atoms with E-state index in [1.807, 2.05) is 10.8 Å². The summed E-state index contributed by atoms with van der Waals surface area (Å²) in [6, 6.07) is 0. The molecule has 96 valence electrons. The minimum absolute atomic E-state index is 0.0354. The van der Waals surface area contributed by atoms with E-state index in [4.69, 9.17) is 14.2 Å². The van der Waals surface area contributed by atoms with Crippen molar-refractivity contribution in [1.82, 2.24) is 0 Å². The predicted molar refractivity (Wildman–Crippen MR) is 72.7 cm³/mol. The molecule has 2 heterocycles. The van der Waals surface area contributed by atoms with E-state index >= 15 is 0 Å². The lowest BCUT2D eigenvalue weighted by atomic mass is 10.3. The van der Waals surface area contributed by atoms with Gasteiger partial charge in [0.1, 0.15) is 6.61 Å². The molecule has 1 aliphatic rings. The Bertz CT molecular complexity index is 329. The van der Waals surface area contributed by atoms with Crippen molar-refractivity contribution in [2.45, 2.75) is 25.4 Å². The maximum absolute atomic E-state index is 5.75. The summed E-state index contributed by atoms with van der Waals surface area (Å²) in [4.78, 5) is 0. The molecule has 0 bridgehead atoms. The molecule has 0 saturated carbocycles. The molecular weight excluding hydrogens is 304 g/mol. The van der Waals surface area contributed by atoms with Gasteiger partial charge in [0.25, 0.3) is 0 Å². The molecular formula is C12H17BrO3S. The van der Waals surface area contributed by atoms with E-state index in [9.17, 15) is 0 Å². The zero-order valence-electron chi connectivity index (χ0n) is 9.69. The molecule has 1 unspecified atom stereocenters. The first-order valence-electron chi connectivity index (χ1n) is 5.89. The molecule has 0 saturated heterocycles. The summed E-state index contributed by atoms with van der Waals surface area (Å²) in [7, 11) is 0. The summed E-state index contributed by atoms with van der Waals surface area (Å²) >= 11 is 5.02. The Morgan fingerprint density at radius 2 is 2.18 bits per heavy atom. The predicted octanol–water partition coefficient (Wildman–Crippen LogP) is 3.47. The zero-order valence-corrected chi connectivity index (χ0v) is 12.1. The lowest BCUT2D eigenvalue weighted by molar-refractivity contribution is 0.00852. The van der Waals surface area contributed by atoms with Gasteiger partial charge in [0.2, 0.25) is 0 Å². The number of rotatable bonds is 7. The standard InChI is InChI=1S/C12H17BrO3S/c13-4-2-1-3-5-14-6-10-7-15-11-8-17-9-12(11)16-10/h8-10H,1-7H2. The van der Waals surface area contributed by atoms with E-state index in [0.29, 0.717) is 13.2 Å². The molecule has 1 aliphatic heterocycles.